The number of benzene rings is 2. The molecule has 2 aromatic carbocycles. The molecule has 1 N–H and O–H groups in total. The summed E-state index contributed by atoms with van der Waals surface area (Å²) in [6.45, 7) is 4.23. The lowest BCUT2D eigenvalue weighted by Crippen LogP contribution is -2.48. The molecule has 4 rings (SSSR count). The van der Waals surface area contributed by atoms with Crippen molar-refractivity contribution in [2.24, 2.45) is 0 Å². The molecular weight excluding hydrogens is 448 g/mol. The molecule has 1 aliphatic rings. The molecule has 0 aliphatic carbocycles. The van der Waals surface area contributed by atoms with Crippen LogP contribution >= 0.6 is 0 Å². The number of rotatable bonds is 6. The lowest BCUT2D eigenvalue weighted by molar-refractivity contribution is -0.0440. The Hall–Kier alpha value is -3.28. The molecule has 1 aliphatic heterocycles. The van der Waals surface area contributed by atoms with Crippen LogP contribution in [0.3, 0.4) is 0 Å². The summed E-state index contributed by atoms with van der Waals surface area (Å²) in [5.74, 6) is 0.348. The fourth-order valence-corrected chi connectivity index (χ4v) is 5.16. The van der Waals surface area contributed by atoms with Crippen molar-refractivity contribution in [1.29, 1.82) is 0 Å². The van der Waals surface area contributed by atoms with Gasteiger partial charge >= 0.3 is 6.01 Å². The van der Waals surface area contributed by atoms with Crippen molar-refractivity contribution in [2.45, 2.75) is 31.0 Å². The van der Waals surface area contributed by atoms with Gasteiger partial charge in [-0.25, -0.2) is 8.42 Å². The van der Waals surface area contributed by atoms with Crippen molar-refractivity contribution >= 4 is 21.9 Å². The number of hydrogen-bond acceptors (Lipinski definition) is 8. The van der Waals surface area contributed by atoms with Crippen molar-refractivity contribution in [3.8, 4) is 17.2 Å². The SMILES string of the molecule is COc1cccc(-c2nnc(NC(=O)c3ccc(S(=O)(=O)N4C[C@@H](C)O[C@@H](C)C4)cc3)o2)c1. The van der Waals surface area contributed by atoms with Gasteiger partial charge in [0.25, 0.3) is 5.91 Å². The number of amides is 1. The summed E-state index contributed by atoms with van der Waals surface area (Å²) >= 11 is 0. The second-order valence-corrected chi connectivity index (χ2v) is 9.64. The van der Waals surface area contributed by atoms with E-state index in [4.69, 9.17) is 13.9 Å². The van der Waals surface area contributed by atoms with Crippen LogP contribution in [-0.2, 0) is 14.8 Å². The van der Waals surface area contributed by atoms with Crippen LogP contribution in [0.2, 0.25) is 0 Å². The van der Waals surface area contributed by atoms with Gasteiger partial charge in [-0.3, -0.25) is 10.1 Å². The van der Waals surface area contributed by atoms with E-state index in [0.29, 0.717) is 11.3 Å². The van der Waals surface area contributed by atoms with Crippen LogP contribution in [0.25, 0.3) is 11.5 Å². The van der Waals surface area contributed by atoms with Crippen LogP contribution in [0, 0.1) is 0 Å². The molecular formula is C22H24N4O6S. The van der Waals surface area contributed by atoms with Gasteiger partial charge in [-0.15, -0.1) is 5.10 Å². The smallest absolute Gasteiger partial charge is 0.322 e. The Morgan fingerprint density at radius 1 is 1.09 bits per heavy atom. The fourth-order valence-electron chi connectivity index (χ4n) is 3.57. The number of sulfonamides is 1. The molecule has 174 valence electrons. The monoisotopic (exact) mass is 472 g/mol. The third kappa shape index (κ3) is 5.05. The van der Waals surface area contributed by atoms with E-state index in [1.165, 1.54) is 28.6 Å². The highest BCUT2D eigenvalue weighted by Gasteiger charge is 2.32. The lowest BCUT2D eigenvalue weighted by Gasteiger charge is -2.34. The Morgan fingerprint density at radius 2 is 1.79 bits per heavy atom. The number of anilines is 1. The Kier molecular flexibility index (Phi) is 6.45. The Bertz CT molecular complexity index is 1230. The molecule has 1 amide bonds. The number of morpholine rings is 1. The summed E-state index contributed by atoms with van der Waals surface area (Å²) in [5, 5.41) is 10.3. The van der Waals surface area contributed by atoms with Crippen molar-refractivity contribution in [3.63, 3.8) is 0 Å². The number of nitrogens with one attached hydrogen (secondary N) is 1. The summed E-state index contributed by atoms with van der Waals surface area (Å²) in [5.41, 5.74) is 0.891. The van der Waals surface area contributed by atoms with E-state index >= 15 is 0 Å². The minimum atomic E-state index is -3.69. The van der Waals surface area contributed by atoms with E-state index in [-0.39, 0.29) is 47.7 Å². The van der Waals surface area contributed by atoms with Crippen LogP contribution in [0.4, 0.5) is 6.01 Å². The summed E-state index contributed by atoms with van der Waals surface area (Å²) < 4.78 is 43.6. The van der Waals surface area contributed by atoms with Crippen LogP contribution < -0.4 is 10.1 Å². The first kappa shape index (κ1) is 22.9. The highest BCUT2D eigenvalue weighted by Crippen LogP contribution is 2.25. The molecule has 2 heterocycles. The number of hydrogen-bond donors (Lipinski definition) is 1. The standard InChI is InChI=1S/C22H24N4O6S/c1-14-12-26(13-15(2)31-14)33(28,29)19-9-7-16(8-10-19)20(27)23-22-25-24-21(32-22)17-5-4-6-18(11-17)30-3/h4-11,14-15H,12-13H2,1-3H3,(H,23,25,27)/t14-,15+. The largest absolute Gasteiger partial charge is 0.497 e. The molecule has 0 radical (unpaired) electrons. The van der Waals surface area contributed by atoms with Crippen LogP contribution in [0.5, 0.6) is 5.75 Å². The van der Waals surface area contributed by atoms with E-state index in [1.54, 1.807) is 31.4 Å². The number of methoxy groups -OCH3 is 1. The summed E-state index contributed by atoms with van der Waals surface area (Å²) in [7, 11) is -2.14. The van der Waals surface area contributed by atoms with E-state index in [0.717, 1.165) is 0 Å². The zero-order chi connectivity index (χ0) is 23.6. The zero-order valence-electron chi connectivity index (χ0n) is 18.4. The normalized spacial score (nSPS) is 19.2. The predicted octanol–water partition coefficient (Wildman–Crippen LogP) is 2.80. The van der Waals surface area contributed by atoms with Gasteiger partial charge in [0.15, 0.2) is 0 Å². The highest BCUT2D eigenvalue weighted by atomic mass is 32.2. The number of nitrogens with zero attached hydrogens (tertiary/aromatic N) is 3. The fraction of sp³-hybridized carbons (Fsp3) is 0.318. The summed E-state index contributed by atoms with van der Waals surface area (Å²) in [4.78, 5) is 12.7. The molecule has 0 saturated carbocycles. The molecule has 1 aromatic heterocycles. The molecule has 0 spiro atoms. The van der Waals surface area contributed by atoms with Crippen LogP contribution in [-0.4, -0.2) is 61.2 Å². The van der Waals surface area contributed by atoms with E-state index in [2.05, 4.69) is 15.5 Å². The second kappa shape index (κ2) is 9.30. The lowest BCUT2D eigenvalue weighted by atomic mass is 10.2. The van der Waals surface area contributed by atoms with Crippen molar-refractivity contribution in [3.05, 3.63) is 54.1 Å². The maximum atomic E-state index is 13.0. The molecule has 10 nitrogen and oxygen atoms in total. The molecule has 3 aromatic rings. The van der Waals surface area contributed by atoms with Crippen LogP contribution in [0.1, 0.15) is 24.2 Å². The average Bonchev–Trinajstić information content (AvgIpc) is 3.27. The topological polar surface area (TPSA) is 124 Å². The van der Waals surface area contributed by atoms with Gasteiger partial charge < -0.3 is 13.9 Å². The minimum absolute atomic E-state index is 0.0780. The maximum absolute atomic E-state index is 13.0. The number of ether oxygens (including phenoxy) is 2. The first-order valence-corrected chi connectivity index (χ1v) is 11.7. The summed E-state index contributed by atoms with van der Waals surface area (Å²) in [6, 6.07) is 12.7. The first-order valence-electron chi connectivity index (χ1n) is 10.3. The van der Waals surface area contributed by atoms with E-state index < -0.39 is 15.9 Å². The molecule has 2 atom stereocenters. The summed E-state index contributed by atoms with van der Waals surface area (Å²) in [6.07, 6.45) is -0.380. The van der Waals surface area contributed by atoms with Gasteiger partial charge in [0, 0.05) is 24.2 Å². The second-order valence-electron chi connectivity index (χ2n) is 7.70. The quantitative estimate of drug-likeness (QED) is 0.581. The minimum Gasteiger partial charge on any atom is -0.497 e. The molecule has 0 unspecified atom stereocenters. The Balaban J connectivity index is 1.45. The maximum Gasteiger partial charge on any atom is 0.322 e. The zero-order valence-corrected chi connectivity index (χ0v) is 19.2. The van der Waals surface area contributed by atoms with Crippen molar-refractivity contribution in [2.75, 3.05) is 25.5 Å². The van der Waals surface area contributed by atoms with Gasteiger partial charge in [0.1, 0.15) is 5.75 Å². The van der Waals surface area contributed by atoms with Gasteiger partial charge in [-0.05, 0) is 56.3 Å². The van der Waals surface area contributed by atoms with E-state index in [9.17, 15) is 13.2 Å². The predicted molar refractivity (Wildman–Crippen MR) is 119 cm³/mol. The first-order chi connectivity index (χ1) is 15.8. The molecule has 33 heavy (non-hydrogen) atoms. The molecule has 1 fully saturated rings. The van der Waals surface area contributed by atoms with E-state index in [1.807, 2.05) is 13.8 Å². The highest BCUT2D eigenvalue weighted by molar-refractivity contribution is 7.89. The number of aromatic nitrogens is 2. The van der Waals surface area contributed by atoms with Gasteiger partial charge in [-0.2, -0.15) is 4.31 Å². The van der Waals surface area contributed by atoms with Gasteiger partial charge in [-0.1, -0.05) is 11.2 Å². The third-order valence-electron chi connectivity index (χ3n) is 5.10. The number of carbonyl (C=O) groups excluding carboxylic acids is 1. The molecule has 0 bridgehead atoms. The average molecular weight is 473 g/mol. The van der Waals surface area contributed by atoms with Gasteiger partial charge in [0.05, 0.1) is 24.2 Å². The van der Waals surface area contributed by atoms with Crippen molar-refractivity contribution in [1.82, 2.24) is 14.5 Å². The van der Waals surface area contributed by atoms with Crippen molar-refractivity contribution < 1.29 is 27.1 Å². The third-order valence-corrected chi connectivity index (χ3v) is 6.95. The Labute approximate surface area is 191 Å². The van der Waals surface area contributed by atoms with Gasteiger partial charge in [0.2, 0.25) is 15.9 Å². The molecule has 1 saturated heterocycles. The number of carbonyl (C=O) groups is 1. The Morgan fingerprint density at radius 3 is 2.45 bits per heavy atom. The molecule has 11 heteroatoms. The van der Waals surface area contributed by atoms with Crippen LogP contribution in [0.15, 0.2) is 57.8 Å².